The fourth-order valence-corrected chi connectivity index (χ4v) is 3.45. The molecule has 1 aliphatic rings. The molecule has 0 amide bonds. The van der Waals surface area contributed by atoms with Gasteiger partial charge >= 0.3 is 0 Å². The second-order valence-corrected chi connectivity index (χ2v) is 6.27. The van der Waals surface area contributed by atoms with E-state index in [1.165, 1.54) is 19.3 Å². The fraction of sp³-hybridized carbons (Fsp3) is 0.529. The molecule has 0 bridgehead atoms. The van der Waals surface area contributed by atoms with Crippen molar-refractivity contribution in [2.75, 3.05) is 5.32 Å². The van der Waals surface area contributed by atoms with Crippen LogP contribution in [-0.2, 0) is 0 Å². The van der Waals surface area contributed by atoms with Gasteiger partial charge < -0.3 is 5.32 Å². The van der Waals surface area contributed by atoms with Crippen molar-refractivity contribution in [2.24, 2.45) is 11.8 Å². The molecule has 0 aromatic carbocycles. The maximum absolute atomic E-state index is 4.56. The molecule has 4 nitrogen and oxygen atoms in total. The average molecular weight is 284 g/mol. The highest BCUT2D eigenvalue weighted by Gasteiger charge is 2.28. The molecule has 1 N–H and O–H groups in total. The highest BCUT2D eigenvalue weighted by Crippen LogP contribution is 2.32. The molecule has 21 heavy (non-hydrogen) atoms. The Morgan fingerprint density at radius 3 is 2.57 bits per heavy atom. The Hall–Kier alpha value is -1.84. The molecule has 2 aromatic heterocycles. The van der Waals surface area contributed by atoms with Gasteiger partial charge in [-0.25, -0.2) is 9.97 Å². The molecule has 3 rings (SSSR count). The molecule has 112 valence electrons. The van der Waals surface area contributed by atoms with E-state index >= 15 is 0 Å². The summed E-state index contributed by atoms with van der Waals surface area (Å²) < 4.78 is 2.04. The Bertz CT molecular complexity index is 594. The molecular weight excluding hydrogens is 260 g/mol. The minimum absolute atomic E-state index is 0.519. The van der Waals surface area contributed by atoms with Gasteiger partial charge in [0.1, 0.15) is 5.82 Å². The largest absolute Gasteiger partial charge is 0.379 e. The zero-order chi connectivity index (χ0) is 14.8. The molecule has 0 aliphatic heterocycles. The first-order chi connectivity index (χ1) is 10.2. The van der Waals surface area contributed by atoms with E-state index in [4.69, 9.17) is 0 Å². The van der Waals surface area contributed by atoms with Crippen LogP contribution in [0.1, 0.15) is 38.9 Å². The summed E-state index contributed by atoms with van der Waals surface area (Å²) in [5.74, 6) is 3.30. The third-order valence-corrected chi connectivity index (χ3v) is 4.71. The lowest BCUT2D eigenvalue weighted by molar-refractivity contribution is 0.268. The fourth-order valence-electron chi connectivity index (χ4n) is 3.45. The normalized spacial score (nSPS) is 25.8. The number of hydrogen-bond acceptors (Lipinski definition) is 3. The maximum Gasteiger partial charge on any atom is 0.161 e. The molecule has 1 fully saturated rings. The van der Waals surface area contributed by atoms with Gasteiger partial charge in [0.25, 0.3) is 0 Å². The van der Waals surface area contributed by atoms with Crippen LogP contribution in [0.2, 0.25) is 0 Å². The molecule has 1 aliphatic carbocycles. The van der Waals surface area contributed by atoms with Gasteiger partial charge in [-0.05, 0) is 43.7 Å². The minimum Gasteiger partial charge on any atom is -0.379 e. The number of nitrogens with one attached hydrogen (secondary N) is 1. The minimum atomic E-state index is 0.519. The van der Waals surface area contributed by atoms with E-state index < -0.39 is 0 Å². The average Bonchev–Trinajstić information content (AvgIpc) is 2.90. The van der Waals surface area contributed by atoms with Crippen LogP contribution in [0, 0.1) is 18.8 Å². The third kappa shape index (κ3) is 2.80. The molecule has 2 atom stereocenters. The molecule has 0 spiro atoms. The molecule has 2 aromatic rings. The Labute approximate surface area is 126 Å². The van der Waals surface area contributed by atoms with Crippen molar-refractivity contribution in [3.63, 3.8) is 0 Å². The second-order valence-electron chi connectivity index (χ2n) is 6.27. The van der Waals surface area contributed by atoms with Crippen LogP contribution in [0.5, 0.6) is 0 Å². The molecular formula is C17H24N4. The van der Waals surface area contributed by atoms with E-state index in [0.717, 1.165) is 17.3 Å². The summed E-state index contributed by atoms with van der Waals surface area (Å²) >= 11 is 0. The predicted octanol–water partition coefficient (Wildman–Crippen LogP) is 3.81. The van der Waals surface area contributed by atoms with Crippen LogP contribution < -0.4 is 5.32 Å². The number of aromatic nitrogens is 3. The van der Waals surface area contributed by atoms with E-state index in [9.17, 15) is 0 Å². The molecule has 2 heterocycles. The monoisotopic (exact) mass is 284 g/mol. The van der Waals surface area contributed by atoms with Crippen molar-refractivity contribution < 1.29 is 0 Å². The van der Waals surface area contributed by atoms with Crippen LogP contribution in [0.4, 0.5) is 5.69 Å². The first-order valence-corrected chi connectivity index (χ1v) is 7.88. The highest BCUT2D eigenvalue weighted by molar-refractivity contribution is 5.57. The molecule has 0 radical (unpaired) electrons. The summed E-state index contributed by atoms with van der Waals surface area (Å²) in [6.45, 7) is 6.71. The number of pyridine rings is 1. The van der Waals surface area contributed by atoms with E-state index in [1.54, 1.807) is 0 Å². The van der Waals surface area contributed by atoms with Crippen molar-refractivity contribution in [1.29, 1.82) is 0 Å². The van der Waals surface area contributed by atoms with Gasteiger partial charge in [-0.2, -0.15) is 0 Å². The number of imidazole rings is 1. The van der Waals surface area contributed by atoms with E-state index in [2.05, 4.69) is 35.2 Å². The lowest BCUT2D eigenvalue weighted by Gasteiger charge is -2.36. The topological polar surface area (TPSA) is 42.7 Å². The Morgan fingerprint density at radius 2 is 1.90 bits per heavy atom. The Kier molecular flexibility index (Phi) is 3.95. The molecule has 4 heteroatoms. The molecule has 1 saturated carbocycles. The van der Waals surface area contributed by atoms with E-state index in [1.807, 2.05) is 36.1 Å². The summed E-state index contributed by atoms with van der Waals surface area (Å²) in [7, 11) is 0. The highest BCUT2D eigenvalue weighted by atomic mass is 15.1. The van der Waals surface area contributed by atoms with Crippen LogP contribution in [0.3, 0.4) is 0 Å². The van der Waals surface area contributed by atoms with Gasteiger partial charge in [0.2, 0.25) is 0 Å². The van der Waals surface area contributed by atoms with E-state index in [-0.39, 0.29) is 0 Å². The standard InChI is InChI=1S/C17H24N4/c1-12-6-4-7-13(2)16(12)20-15-8-5-9-19-17(15)21-11-10-18-14(21)3/h5,8-13,16,20H,4,6-7H2,1-3H3. The number of aryl methyl sites for hydroxylation is 1. The lowest BCUT2D eigenvalue weighted by Crippen LogP contribution is -2.37. The summed E-state index contributed by atoms with van der Waals surface area (Å²) in [4.78, 5) is 8.86. The number of rotatable bonds is 3. The smallest absolute Gasteiger partial charge is 0.161 e. The first-order valence-electron chi connectivity index (χ1n) is 7.88. The molecule has 0 saturated heterocycles. The zero-order valence-electron chi connectivity index (χ0n) is 13.1. The SMILES string of the molecule is Cc1nccn1-c1ncccc1NC1C(C)CCCC1C. The summed E-state index contributed by atoms with van der Waals surface area (Å²) in [6, 6.07) is 4.64. The van der Waals surface area contributed by atoms with Crippen molar-refractivity contribution >= 4 is 5.69 Å². The summed E-state index contributed by atoms with van der Waals surface area (Å²) in [6.07, 6.45) is 9.59. The van der Waals surface area contributed by atoms with Crippen LogP contribution in [0.15, 0.2) is 30.7 Å². The lowest BCUT2D eigenvalue weighted by atomic mass is 9.78. The van der Waals surface area contributed by atoms with Crippen LogP contribution in [-0.4, -0.2) is 20.6 Å². The number of nitrogens with zero attached hydrogens (tertiary/aromatic N) is 3. The van der Waals surface area contributed by atoms with Gasteiger partial charge in [-0.15, -0.1) is 0 Å². The maximum atomic E-state index is 4.56. The van der Waals surface area contributed by atoms with Gasteiger partial charge in [-0.3, -0.25) is 4.57 Å². The second kappa shape index (κ2) is 5.88. The van der Waals surface area contributed by atoms with Gasteiger partial charge in [0.05, 0.1) is 5.69 Å². The van der Waals surface area contributed by atoms with Crippen LogP contribution >= 0.6 is 0 Å². The summed E-state index contributed by atoms with van der Waals surface area (Å²) in [5, 5.41) is 3.75. The van der Waals surface area contributed by atoms with Crippen molar-refractivity contribution in [3.8, 4) is 5.82 Å². The number of anilines is 1. The van der Waals surface area contributed by atoms with E-state index in [0.29, 0.717) is 17.9 Å². The molecule has 2 unspecified atom stereocenters. The Morgan fingerprint density at radius 1 is 1.14 bits per heavy atom. The quantitative estimate of drug-likeness (QED) is 0.932. The van der Waals surface area contributed by atoms with Crippen LogP contribution in [0.25, 0.3) is 5.82 Å². The third-order valence-electron chi connectivity index (χ3n) is 4.71. The van der Waals surface area contributed by atoms with Gasteiger partial charge in [0, 0.05) is 24.6 Å². The number of hydrogen-bond donors (Lipinski definition) is 1. The first kappa shape index (κ1) is 14.1. The zero-order valence-corrected chi connectivity index (χ0v) is 13.1. The van der Waals surface area contributed by atoms with Crippen molar-refractivity contribution in [1.82, 2.24) is 14.5 Å². The summed E-state index contributed by atoms with van der Waals surface area (Å²) in [5.41, 5.74) is 1.10. The van der Waals surface area contributed by atoms with Gasteiger partial charge in [-0.1, -0.05) is 20.3 Å². The predicted molar refractivity (Wildman–Crippen MR) is 85.7 cm³/mol. The van der Waals surface area contributed by atoms with Gasteiger partial charge in [0.15, 0.2) is 5.82 Å². The van der Waals surface area contributed by atoms with Crippen molar-refractivity contribution in [3.05, 3.63) is 36.5 Å². The van der Waals surface area contributed by atoms with Crippen molar-refractivity contribution in [2.45, 2.75) is 46.1 Å². The Balaban J connectivity index is 1.91.